The van der Waals surface area contributed by atoms with E-state index in [9.17, 15) is 0 Å². The lowest BCUT2D eigenvalue weighted by Crippen LogP contribution is -1.98. The molecule has 0 bridgehead atoms. The molecule has 5 heteroatoms. The second-order valence-corrected chi connectivity index (χ2v) is 6.70. The van der Waals surface area contributed by atoms with Crippen LogP contribution in [0.4, 0.5) is 11.5 Å². The summed E-state index contributed by atoms with van der Waals surface area (Å²) in [5.41, 5.74) is 4.84. The van der Waals surface area contributed by atoms with Gasteiger partial charge in [-0.15, -0.1) is 0 Å². The van der Waals surface area contributed by atoms with Crippen molar-refractivity contribution in [1.29, 1.82) is 0 Å². The zero-order chi connectivity index (χ0) is 17.4. The number of rotatable bonds is 3. The van der Waals surface area contributed by atoms with Crippen molar-refractivity contribution in [3.63, 3.8) is 0 Å². The summed E-state index contributed by atoms with van der Waals surface area (Å²) >= 11 is 12.2. The Morgan fingerprint density at radius 1 is 0.880 bits per heavy atom. The molecule has 4 aromatic rings. The maximum absolute atomic E-state index is 6.21. The number of benzene rings is 2. The van der Waals surface area contributed by atoms with Crippen LogP contribution < -0.4 is 5.32 Å². The Bertz CT molecular complexity index is 1050. The van der Waals surface area contributed by atoms with Crippen LogP contribution in [0.25, 0.3) is 16.9 Å². The summed E-state index contributed by atoms with van der Waals surface area (Å²) < 4.78 is 1.97. The van der Waals surface area contributed by atoms with E-state index >= 15 is 0 Å². The second kappa shape index (κ2) is 6.43. The fourth-order valence-corrected chi connectivity index (χ4v) is 3.07. The monoisotopic (exact) mass is 367 g/mol. The van der Waals surface area contributed by atoms with Gasteiger partial charge in [-0.3, -0.25) is 4.40 Å². The number of aromatic nitrogens is 2. The van der Waals surface area contributed by atoms with Crippen molar-refractivity contribution in [3.8, 4) is 11.3 Å². The topological polar surface area (TPSA) is 29.3 Å². The molecule has 4 rings (SSSR count). The molecule has 3 nitrogen and oxygen atoms in total. The minimum absolute atomic E-state index is 0.653. The average molecular weight is 368 g/mol. The normalized spacial score (nSPS) is 11.0. The van der Waals surface area contributed by atoms with Gasteiger partial charge < -0.3 is 5.32 Å². The molecule has 0 aliphatic heterocycles. The number of nitrogens with one attached hydrogen (secondary N) is 1. The van der Waals surface area contributed by atoms with E-state index in [0.717, 1.165) is 34.0 Å². The number of anilines is 2. The van der Waals surface area contributed by atoms with E-state index in [1.54, 1.807) is 0 Å². The number of hydrogen-bond acceptors (Lipinski definition) is 2. The Morgan fingerprint density at radius 2 is 1.60 bits per heavy atom. The van der Waals surface area contributed by atoms with Crippen LogP contribution in [0, 0.1) is 6.92 Å². The smallest absolute Gasteiger partial charge is 0.143 e. The Hall–Kier alpha value is -2.49. The maximum Gasteiger partial charge on any atom is 0.143 e. The first-order chi connectivity index (χ1) is 12.1. The van der Waals surface area contributed by atoms with Crippen molar-refractivity contribution in [2.24, 2.45) is 0 Å². The lowest BCUT2D eigenvalue weighted by molar-refractivity contribution is 1.18. The van der Waals surface area contributed by atoms with E-state index < -0.39 is 0 Å². The minimum Gasteiger partial charge on any atom is -0.339 e. The van der Waals surface area contributed by atoms with Crippen LogP contribution in [-0.4, -0.2) is 9.38 Å². The highest BCUT2D eigenvalue weighted by Gasteiger charge is 2.15. The molecular weight excluding hydrogens is 353 g/mol. The van der Waals surface area contributed by atoms with Crippen molar-refractivity contribution in [2.75, 3.05) is 5.32 Å². The van der Waals surface area contributed by atoms with E-state index in [4.69, 9.17) is 28.2 Å². The van der Waals surface area contributed by atoms with E-state index in [0.29, 0.717) is 10.0 Å². The number of hydrogen-bond donors (Lipinski definition) is 1. The quantitative estimate of drug-likeness (QED) is 0.456. The number of aryl methyl sites for hydroxylation is 1. The third-order valence-electron chi connectivity index (χ3n) is 4.10. The van der Waals surface area contributed by atoms with Gasteiger partial charge in [-0.05, 0) is 42.8 Å². The highest BCUT2D eigenvalue weighted by atomic mass is 35.5. The highest BCUT2D eigenvalue weighted by molar-refractivity contribution is 6.30. The first-order valence-electron chi connectivity index (χ1n) is 7.88. The van der Waals surface area contributed by atoms with Gasteiger partial charge in [0, 0.05) is 22.5 Å². The number of pyridine rings is 1. The van der Waals surface area contributed by atoms with E-state index in [2.05, 4.69) is 18.3 Å². The number of nitrogens with zero attached hydrogens (tertiary/aromatic N) is 2. The summed E-state index contributed by atoms with van der Waals surface area (Å²) in [6.07, 6.45) is 1.86. The van der Waals surface area contributed by atoms with Gasteiger partial charge >= 0.3 is 0 Å². The molecule has 1 N–H and O–H groups in total. The van der Waals surface area contributed by atoms with Crippen molar-refractivity contribution in [1.82, 2.24) is 9.38 Å². The molecule has 0 aliphatic carbocycles. The molecule has 2 aromatic heterocycles. The Morgan fingerprint density at radius 3 is 2.36 bits per heavy atom. The lowest BCUT2D eigenvalue weighted by Gasteiger charge is -2.11. The Balaban J connectivity index is 1.93. The summed E-state index contributed by atoms with van der Waals surface area (Å²) in [5, 5.41) is 4.86. The SMILES string of the molecule is Cc1ccccc1Nc1c(-c2ccc(Cl)cc2)nc2ccc(Cl)cn12. The summed E-state index contributed by atoms with van der Waals surface area (Å²) in [4.78, 5) is 4.78. The fourth-order valence-electron chi connectivity index (χ4n) is 2.79. The molecule has 124 valence electrons. The second-order valence-electron chi connectivity index (χ2n) is 5.83. The first-order valence-corrected chi connectivity index (χ1v) is 8.63. The van der Waals surface area contributed by atoms with Crippen LogP contribution in [-0.2, 0) is 0 Å². The molecule has 0 spiro atoms. The van der Waals surface area contributed by atoms with Crippen molar-refractivity contribution in [2.45, 2.75) is 6.92 Å². The third-order valence-corrected chi connectivity index (χ3v) is 4.57. The zero-order valence-corrected chi connectivity index (χ0v) is 15.0. The minimum atomic E-state index is 0.653. The highest BCUT2D eigenvalue weighted by Crippen LogP contribution is 2.33. The van der Waals surface area contributed by atoms with Crippen molar-refractivity contribution in [3.05, 3.63) is 82.5 Å². The van der Waals surface area contributed by atoms with Crippen LogP contribution in [0.2, 0.25) is 10.0 Å². The number of halogens is 2. The molecule has 0 amide bonds. The molecule has 0 fully saturated rings. The zero-order valence-electron chi connectivity index (χ0n) is 13.5. The van der Waals surface area contributed by atoms with Crippen LogP contribution in [0.3, 0.4) is 0 Å². The maximum atomic E-state index is 6.21. The summed E-state index contributed by atoms with van der Waals surface area (Å²) in [6.45, 7) is 2.07. The molecule has 0 atom stereocenters. The van der Waals surface area contributed by atoms with Gasteiger partial charge in [0.15, 0.2) is 0 Å². The van der Waals surface area contributed by atoms with Crippen molar-refractivity contribution < 1.29 is 0 Å². The number of para-hydroxylation sites is 1. The lowest BCUT2D eigenvalue weighted by atomic mass is 10.1. The van der Waals surface area contributed by atoms with Crippen LogP contribution >= 0.6 is 23.2 Å². The summed E-state index contributed by atoms with van der Waals surface area (Å²) in [7, 11) is 0. The van der Waals surface area contributed by atoms with Gasteiger partial charge in [0.05, 0.1) is 5.02 Å². The van der Waals surface area contributed by atoms with Crippen LogP contribution in [0.15, 0.2) is 66.9 Å². The molecule has 25 heavy (non-hydrogen) atoms. The summed E-state index contributed by atoms with van der Waals surface area (Å²) in [6, 6.07) is 19.6. The average Bonchev–Trinajstić information content (AvgIpc) is 2.95. The predicted octanol–water partition coefficient (Wildman–Crippen LogP) is 6.36. The fraction of sp³-hybridized carbons (Fsp3) is 0.0500. The molecule has 0 unspecified atom stereocenters. The number of fused-ring (bicyclic) bond motifs is 1. The third kappa shape index (κ3) is 3.09. The Kier molecular flexibility index (Phi) is 4.12. The van der Waals surface area contributed by atoms with Gasteiger partial charge in [0.1, 0.15) is 17.2 Å². The molecule has 0 radical (unpaired) electrons. The Labute approximate surface area is 155 Å². The van der Waals surface area contributed by atoms with Gasteiger partial charge in [0.25, 0.3) is 0 Å². The first kappa shape index (κ1) is 16.0. The van der Waals surface area contributed by atoms with Crippen LogP contribution in [0.1, 0.15) is 5.56 Å². The van der Waals surface area contributed by atoms with E-state index in [1.807, 2.05) is 65.2 Å². The standard InChI is InChI=1S/C20H15Cl2N3/c1-13-4-2-3-5-17(13)23-20-19(14-6-8-15(21)9-7-14)24-18-11-10-16(22)12-25(18)20/h2-12,23H,1H3. The molecule has 2 aromatic carbocycles. The van der Waals surface area contributed by atoms with E-state index in [-0.39, 0.29) is 0 Å². The predicted molar refractivity (Wildman–Crippen MR) is 105 cm³/mol. The molecule has 2 heterocycles. The summed E-state index contributed by atoms with van der Waals surface area (Å²) in [5.74, 6) is 0.870. The van der Waals surface area contributed by atoms with Gasteiger partial charge in [-0.25, -0.2) is 4.98 Å². The molecule has 0 saturated carbocycles. The van der Waals surface area contributed by atoms with E-state index in [1.165, 1.54) is 0 Å². The van der Waals surface area contributed by atoms with Gasteiger partial charge in [0.2, 0.25) is 0 Å². The molecule has 0 saturated heterocycles. The molecule has 0 aliphatic rings. The van der Waals surface area contributed by atoms with Crippen LogP contribution in [0.5, 0.6) is 0 Å². The number of imidazole rings is 1. The van der Waals surface area contributed by atoms with Gasteiger partial charge in [-0.2, -0.15) is 0 Å². The largest absolute Gasteiger partial charge is 0.339 e. The van der Waals surface area contributed by atoms with Crippen molar-refractivity contribution >= 4 is 40.4 Å². The molecular formula is C20H15Cl2N3. The van der Waals surface area contributed by atoms with Gasteiger partial charge in [-0.1, -0.05) is 53.5 Å².